The molecule has 3 rings (SSSR count). The Labute approximate surface area is 120 Å². The van der Waals surface area contributed by atoms with E-state index in [1.165, 1.54) is 0 Å². The summed E-state index contributed by atoms with van der Waals surface area (Å²) in [7, 11) is 0. The number of nitrogens with zero attached hydrogens (tertiary/aromatic N) is 2. The summed E-state index contributed by atoms with van der Waals surface area (Å²) in [5.74, 6) is 0.483. The minimum atomic E-state index is -0.135. The monoisotopic (exact) mass is 289 g/mol. The number of fused-ring (bicyclic) bond motifs is 1. The van der Waals surface area contributed by atoms with Gasteiger partial charge >= 0.3 is 0 Å². The van der Waals surface area contributed by atoms with Crippen LogP contribution in [-0.2, 0) is 6.54 Å². The Morgan fingerprint density at radius 1 is 1.50 bits per heavy atom. The van der Waals surface area contributed by atoms with Crippen molar-refractivity contribution in [3.8, 4) is 0 Å². The van der Waals surface area contributed by atoms with Crippen LogP contribution in [0.1, 0.15) is 28.9 Å². The molecule has 6 heteroatoms. The van der Waals surface area contributed by atoms with Crippen LogP contribution in [0.15, 0.2) is 22.0 Å². The molecule has 0 bridgehead atoms. The standard InChI is InChI=1S/C14H15N3O2S/c1-4-17-10-5-6-20-12(10)7-11(17)14(18)15-13-8(2)16-19-9(13)3/h5-7H,4H2,1-3H3,(H,15,18). The highest BCUT2D eigenvalue weighted by atomic mass is 32.1. The molecule has 0 unspecified atom stereocenters. The smallest absolute Gasteiger partial charge is 0.272 e. The number of carbonyl (C=O) groups excluding carboxylic acids is 1. The fourth-order valence-corrected chi connectivity index (χ4v) is 3.17. The van der Waals surface area contributed by atoms with Crippen LogP contribution in [0.25, 0.3) is 10.2 Å². The van der Waals surface area contributed by atoms with Gasteiger partial charge in [0.15, 0.2) is 5.76 Å². The molecule has 3 aromatic rings. The number of hydrogen-bond donors (Lipinski definition) is 1. The summed E-state index contributed by atoms with van der Waals surface area (Å²) in [6, 6.07) is 3.97. The van der Waals surface area contributed by atoms with Crippen LogP contribution in [0, 0.1) is 13.8 Å². The zero-order valence-electron chi connectivity index (χ0n) is 11.6. The number of rotatable bonds is 3. The third-order valence-electron chi connectivity index (χ3n) is 3.34. The third-order valence-corrected chi connectivity index (χ3v) is 4.20. The van der Waals surface area contributed by atoms with Crippen LogP contribution >= 0.6 is 11.3 Å². The maximum Gasteiger partial charge on any atom is 0.272 e. The van der Waals surface area contributed by atoms with Crippen LogP contribution in [0.3, 0.4) is 0 Å². The minimum Gasteiger partial charge on any atom is -0.359 e. The van der Waals surface area contributed by atoms with Gasteiger partial charge in [-0.05, 0) is 38.3 Å². The molecule has 0 aliphatic heterocycles. The highest BCUT2D eigenvalue weighted by Crippen LogP contribution is 2.26. The summed E-state index contributed by atoms with van der Waals surface area (Å²) < 4.78 is 8.20. The zero-order valence-corrected chi connectivity index (χ0v) is 12.4. The van der Waals surface area contributed by atoms with E-state index in [2.05, 4.69) is 10.5 Å². The van der Waals surface area contributed by atoms with Gasteiger partial charge in [-0.1, -0.05) is 5.16 Å². The van der Waals surface area contributed by atoms with Gasteiger partial charge in [-0.15, -0.1) is 11.3 Å². The van der Waals surface area contributed by atoms with Crippen molar-refractivity contribution in [3.05, 3.63) is 34.7 Å². The second kappa shape index (κ2) is 4.79. The van der Waals surface area contributed by atoms with Crippen molar-refractivity contribution in [2.75, 3.05) is 5.32 Å². The Kier molecular flexibility index (Phi) is 3.10. The normalized spacial score (nSPS) is 11.2. The number of anilines is 1. The third kappa shape index (κ3) is 1.92. The van der Waals surface area contributed by atoms with E-state index < -0.39 is 0 Å². The molecule has 1 amide bonds. The fourth-order valence-electron chi connectivity index (χ4n) is 2.34. The second-order valence-electron chi connectivity index (χ2n) is 4.60. The van der Waals surface area contributed by atoms with Crippen LogP contribution in [0.2, 0.25) is 0 Å². The van der Waals surface area contributed by atoms with E-state index in [1.54, 1.807) is 18.3 Å². The van der Waals surface area contributed by atoms with Crippen molar-refractivity contribution in [1.82, 2.24) is 9.72 Å². The minimum absolute atomic E-state index is 0.135. The van der Waals surface area contributed by atoms with Crippen molar-refractivity contribution in [3.63, 3.8) is 0 Å². The highest BCUT2D eigenvalue weighted by molar-refractivity contribution is 7.17. The van der Waals surface area contributed by atoms with Gasteiger partial charge in [-0.2, -0.15) is 0 Å². The van der Waals surface area contributed by atoms with E-state index in [4.69, 9.17) is 4.52 Å². The maximum absolute atomic E-state index is 12.5. The zero-order chi connectivity index (χ0) is 14.3. The summed E-state index contributed by atoms with van der Waals surface area (Å²) in [6.45, 7) is 6.38. The molecule has 20 heavy (non-hydrogen) atoms. The van der Waals surface area contributed by atoms with Crippen LogP contribution < -0.4 is 5.32 Å². The van der Waals surface area contributed by atoms with Gasteiger partial charge in [0.05, 0.1) is 10.2 Å². The van der Waals surface area contributed by atoms with E-state index in [9.17, 15) is 4.79 Å². The topological polar surface area (TPSA) is 60.1 Å². The number of nitrogens with one attached hydrogen (secondary N) is 1. The molecule has 0 radical (unpaired) electrons. The number of aryl methyl sites for hydroxylation is 3. The van der Waals surface area contributed by atoms with Gasteiger partial charge < -0.3 is 14.4 Å². The molecular weight excluding hydrogens is 274 g/mol. The lowest BCUT2D eigenvalue weighted by Crippen LogP contribution is -2.17. The van der Waals surface area contributed by atoms with Crippen molar-refractivity contribution in [1.29, 1.82) is 0 Å². The molecule has 3 aromatic heterocycles. The molecule has 5 nitrogen and oxygen atoms in total. The average molecular weight is 289 g/mol. The predicted molar refractivity (Wildman–Crippen MR) is 79.4 cm³/mol. The fraction of sp³-hybridized carbons (Fsp3) is 0.286. The van der Waals surface area contributed by atoms with E-state index in [-0.39, 0.29) is 5.91 Å². The van der Waals surface area contributed by atoms with Gasteiger partial charge in [-0.3, -0.25) is 4.79 Å². The van der Waals surface area contributed by atoms with Crippen LogP contribution in [0.4, 0.5) is 5.69 Å². The molecule has 0 aromatic carbocycles. The number of aromatic nitrogens is 2. The Bertz CT molecular complexity index is 762. The lowest BCUT2D eigenvalue weighted by Gasteiger charge is -2.08. The number of carbonyl (C=O) groups is 1. The molecule has 3 heterocycles. The molecule has 0 saturated heterocycles. The maximum atomic E-state index is 12.5. The van der Waals surface area contributed by atoms with Gasteiger partial charge in [0.25, 0.3) is 5.91 Å². The van der Waals surface area contributed by atoms with Crippen molar-refractivity contribution < 1.29 is 9.32 Å². The number of thiophene rings is 1. The van der Waals surface area contributed by atoms with Gasteiger partial charge in [0.1, 0.15) is 17.1 Å². The molecular formula is C14H15N3O2S. The van der Waals surface area contributed by atoms with E-state index >= 15 is 0 Å². The molecule has 0 saturated carbocycles. The second-order valence-corrected chi connectivity index (χ2v) is 5.54. The van der Waals surface area contributed by atoms with E-state index in [0.29, 0.717) is 22.8 Å². The molecule has 1 N–H and O–H groups in total. The van der Waals surface area contributed by atoms with Crippen molar-refractivity contribution in [2.45, 2.75) is 27.3 Å². The quantitative estimate of drug-likeness (QED) is 0.801. The van der Waals surface area contributed by atoms with Crippen LogP contribution in [0.5, 0.6) is 0 Å². The molecule has 0 atom stereocenters. The lowest BCUT2D eigenvalue weighted by molar-refractivity contribution is 0.101. The molecule has 0 spiro atoms. The van der Waals surface area contributed by atoms with Gasteiger partial charge in [0.2, 0.25) is 0 Å². The Morgan fingerprint density at radius 2 is 2.30 bits per heavy atom. The summed E-state index contributed by atoms with van der Waals surface area (Å²) >= 11 is 1.64. The first-order valence-corrected chi connectivity index (χ1v) is 7.30. The highest BCUT2D eigenvalue weighted by Gasteiger charge is 2.18. The summed E-state index contributed by atoms with van der Waals surface area (Å²) in [5.41, 5.74) is 3.10. The first-order chi connectivity index (χ1) is 9.61. The lowest BCUT2D eigenvalue weighted by atomic mass is 10.3. The van der Waals surface area contributed by atoms with Crippen LogP contribution in [-0.4, -0.2) is 15.6 Å². The summed E-state index contributed by atoms with van der Waals surface area (Å²) in [5, 5.41) is 8.77. The summed E-state index contributed by atoms with van der Waals surface area (Å²) in [4.78, 5) is 12.5. The number of hydrogen-bond acceptors (Lipinski definition) is 4. The first-order valence-electron chi connectivity index (χ1n) is 6.42. The molecule has 0 aliphatic rings. The first kappa shape index (κ1) is 12.9. The van der Waals surface area contributed by atoms with Crippen molar-refractivity contribution >= 4 is 33.1 Å². The number of amides is 1. The molecule has 0 fully saturated rings. The van der Waals surface area contributed by atoms with Crippen molar-refractivity contribution in [2.24, 2.45) is 0 Å². The van der Waals surface area contributed by atoms with Gasteiger partial charge in [-0.25, -0.2) is 0 Å². The SMILES string of the molecule is CCn1c(C(=O)Nc2c(C)noc2C)cc2sccc21. The molecule has 0 aliphatic carbocycles. The predicted octanol–water partition coefficient (Wildman–Crippen LogP) is 3.58. The Morgan fingerprint density at radius 3 is 2.95 bits per heavy atom. The largest absolute Gasteiger partial charge is 0.359 e. The summed E-state index contributed by atoms with van der Waals surface area (Å²) in [6.07, 6.45) is 0. The average Bonchev–Trinajstić information content (AvgIpc) is 3.08. The van der Waals surface area contributed by atoms with E-state index in [0.717, 1.165) is 16.8 Å². The van der Waals surface area contributed by atoms with E-state index in [1.807, 2.05) is 35.9 Å². The molecule has 104 valence electrons. The Balaban J connectivity index is 1.98. The van der Waals surface area contributed by atoms with Gasteiger partial charge in [0, 0.05) is 6.54 Å². The Hall–Kier alpha value is -2.08.